The third-order valence-corrected chi connectivity index (χ3v) is 9.46. The van der Waals surface area contributed by atoms with Gasteiger partial charge in [0, 0.05) is 17.6 Å². The van der Waals surface area contributed by atoms with Gasteiger partial charge in [0.15, 0.2) is 11.8 Å². The Morgan fingerprint density at radius 1 is 0.922 bits per heavy atom. The number of phosphoric ester groups is 2. The van der Waals surface area contributed by atoms with E-state index in [1.54, 1.807) is 24.3 Å². The molecule has 4 rings (SSSR count). The lowest BCUT2D eigenvalue weighted by molar-refractivity contribution is -0.0565. The number of benzene rings is 1. The minimum absolute atomic E-state index is 0.259. The molecule has 3 aromatic rings. The molecule has 24 heteroatoms. The molecule has 2 aromatic heterocycles. The van der Waals surface area contributed by atoms with Gasteiger partial charge < -0.3 is 43.3 Å². The van der Waals surface area contributed by atoms with Gasteiger partial charge in [-0.25, -0.2) is 32.6 Å². The first kappa shape index (κ1) is 39.8. The van der Waals surface area contributed by atoms with Crippen molar-refractivity contribution in [2.45, 2.75) is 71.0 Å². The summed E-state index contributed by atoms with van der Waals surface area (Å²) in [6, 6.07) is 7.73. The molecular weight excluding hydrogens is 732 g/mol. The van der Waals surface area contributed by atoms with E-state index in [1.165, 1.54) is 27.7 Å². The Morgan fingerprint density at radius 3 is 2.14 bits per heavy atom. The molecule has 0 spiro atoms. The molecule has 3 heterocycles. The maximum atomic E-state index is 13.4. The van der Waals surface area contributed by atoms with Crippen molar-refractivity contribution in [3.63, 3.8) is 0 Å². The fourth-order valence-corrected chi connectivity index (χ4v) is 6.65. The Bertz CT molecular complexity index is 1860. The zero-order valence-corrected chi connectivity index (χ0v) is 29.2. The number of aliphatic hydroxyl groups excluding tert-OH is 2. The van der Waals surface area contributed by atoms with E-state index in [1.807, 2.05) is 0 Å². The Labute approximate surface area is 287 Å². The summed E-state index contributed by atoms with van der Waals surface area (Å²) < 4.78 is 75.5. The van der Waals surface area contributed by atoms with Crippen molar-refractivity contribution in [2.75, 3.05) is 20.2 Å². The lowest BCUT2D eigenvalue weighted by atomic mass is 10.1. The van der Waals surface area contributed by atoms with E-state index in [0.717, 1.165) is 21.4 Å². The predicted octanol–water partition coefficient (Wildman–Crippen LogP) is 2.13. The first-order valence-electron chi connectivity index (χ1n) is 14.9. The fourth-order valence-electron chi connectivity index (χ4n) is 4.30. The summed E-state index contributed by atoms with van der Waals surface area (Å²) in [4.78, 5) is 59.6. The summed E-state index contributed by atoms with van der Waals surface area (Å²) in [5.41, 5.74) is -1.03. The molecule has 22 nitrogen and oxygen atoms in total. The lowest BCUT2D eigenvalue weighted by Gasteiger charge is -2.21. The minimum atomic E-state index is -5.51. The van der Waals surface area contributed by atoms with Crippen LogP contribution in [0.3, 0.4) is 0 Å². The van der Waals surface area contributed by atoms with E-state index in [9.17, 15) is 43.4 Å². The van der Waals surface area contributed by atoms with Crippen molar-refractivity contribution in [2.24, 2.45) is 0 Å². The SMILES string of the molecule is CC(C)OC(=O)OCOP(=O)(OCOC(=O)OC(C)C)OP(=O)(O)OC[C@H]1O[C@@H](n2ccc(=O)n(Cc3noc4ccccc34)c2=O)[C@@H](O)[C@H]1O. The van der Waals surface area contributed by atoms with Crippen molar-refractivity contribution >= 4 is 38.9 Å². The van der Waals surface area contributed by atoms with Crippen LogP contribution < -0.4 is 11.2 Å². The maximum Gasteiger partial charge on any atom is 0.510 e. The molecule has 0 amide bonds. The normalized spacial score (nSPS) is 20.4. The molecule has 1 saturated heterocycles. The molecule has 1 aromatic carbocycles. The second-order valence-corrected chi connectivity index (χ2v) is 14.3. The molecule has 3 N–H and O–H groups in total. The third-order valence-electron chi connectivity index (χ3n) is 6.51. The van der Waals surface area contributed by atoms with Gasteiger partial charge in [0.2, 0.25) is 13.6 Å². The molecule has 1 aliphatic rings. The maximum absolute atomic E-state index is 13.4. The molecular formula is C27H35N3O19P2. The number of aromatic nitrogens is 3. The zero-order chi connectivity index (χ0) is 37.5. The summed E-state index contributed by atoms with van der Waals surface area (Å²) in [5, 5.41) is 25.8. The van der Waals surface area contributed by atoms with Crippen LogP contribution in [-0.2, 0) is 57.2 Å². The quantitative estimate of drug-likeness (QED) is 0.107. The molecule has 5 atom stereocenters. The molecule has 282 valence electrons. The van der Waals surface area contributed by atoms with Crippen LogP contribution in [0.15, 0.2) is 50.6 Å². The van der Waals surface area contributed by atoms with E-state index in [0.29, 0.717) is 11.0 Å². The summed E-state index contributed by atoms with van der Waals surface area (Å²) in [5.74, 6) is 0. The number of rotatable bonds is 16. The van der Waals surface area contributed by atoms with Crippen LogP contribution in [0, 0.1) is 0 Å². The molecule has 0 bridgehead atoms. The topological polar surface area (TPSA) is 282 Å². The van der Waals surface area contributed by atoms with Gasteiger partial charge in [0.25, 0.3) is 5.56 Å². The molecule has 0 radical (unpaired) electrons. The fraction of sp³-hybridized carbons (Fsp3) is 0.519. The van der Waals surface area contributed by atoms with Gasteiger partial charge in [-0.15, -0.1) is 0 Å². The van der Waals surface area contributed by atoms with Crippen molar-refractivity contribution < 1.29 is 79.9 Å². The molecule has 0 saturated carbocycles. The average Bonchev–Trinajstić information content (AvgIpc) is 3.57. The highest BCUT2D eigenvalue weighted by Gasteiger charge is 2.47. The van der Waals surface area contributed by atoms with Crippen LogP contribution in [0.2, 0.25) is 0 Å². The smallest absolute Gasteiger partial charge is 0.432 e. The summed E-state index contributed by atoms with van der Waals surface area (Å²) in [6.07, 6.45) is -9.71. The van der Waals surface area contributed by atoms with Crippen LogP contribution in [0.4, 0.5) is 9.59 Å². The number of hydrogen-bond acceptors (Lipinski definition) is 19. The van der Waals surface area contributed by atoms with E-state index in [2.05, 4.69) is 18.9 Å². The number of carbonyl (C=O) groups excluding carboxylic acids is 2. The van der Waals surface area contributed by atoms with Gasteiger partial charge in [0.05, 0.1) is 25.4 Å². The van der Waals surface area contributed by atoms with Crippen LogP contribution in [-0.4, -0.2) is 92.4 Å². The highest BCUT2D eigenvalue weighted by atomic mass is 31.3. The van der Waals surface area contributed by atoms with Gasteiger partial charge in [0.1, 0.15) is 24.0 Å². The van der Waals surface area contributed by atoms with Gasteiger partial charge in [-0.05, 0) is 39.8 Å². The van der Waals surface area contributed by atoms with E-state index in [4.69, 9.17) is 32.3 Å². The van der Waals surface area contributed by atoms with Crippen LogP contribution in [0.5, 0.6) is 0 Å². The summed E-state index contributed by atoms with van der Waals surface area (Å²) in [6.45, 7) is 2.22. The van der Waals surface area contributed by atoms with E-state index >= 15 is 0 Å². The Hall–Kier alpha value is -3.95. The Balaban J connectivity index is 1.43. The number of aliphatic hydroxyl groups is 2. The number of phosphoric acid groups is 2. The van der Waals surface area contributed by atoms with Gasteiger partial charge in [-0.3, -0.25) is 18.5 Å². The molecule has 51 heavy (non-hydrogen) atoms. The standard InChI is InChI=1S/C27H35N3O19P2/c1-15(2)45-26(35)40-13-43-51(39,44-14-41-27(36)46-16(3)4)49-50(37,38)42-12-20-22(32)23(33)24(47-20)29-10-9-21(31)30(25(29)34)11-18-17-7-5-6-8-19(17)48-28-18/h5-10,15-16,20,22-24,32-33H,11-14H2,1-4H3,(H,37,38)/t20-,22+,23+,24-/m1/s1. The summed E-state index contributed by atoms with van der Waals surface area (Å²) >= 11 is 0. The molecule has 1 aliphatic heterocycles. The zero-order valence-electron chi connectivity index (χ0n) is 27.4. The molecule has 1 fully saturated rings. The first-order valence-corrected chi connectivity index (χ1v) is 17.9. The van der Waals surface area contributed by atoms with Crippen LogP contribution in [0.25, 0.3) is 11.0 Å². The highest BCUT2D eigenvalue weighted by molar-refractivity contribution is 7.61. The number of carbonyl (C=O) groups is 2. The molecule has 1 unspecified atom stereocenters. The first-order chi connectivity index (χ1) is 24.0. The Kier molecular flexibility index (Phi) is 13.3. The second kappa shape index (κ2) is 17.0. The predicted molar refractivity (Wildman–Crippen MR) is 166 cm³/mol. The number of fused-ring (bicyclic) bond motifs is 1. The molecule has 0 aliphatic carbocycles. The number of ether oxygens (including phenoxy) is 5. The van der Waals surface area contributed by atoms with Gasteiger partial charge >= 0.3 is 33.6 Å². The van der Waals surface area contributed by atoms with Crippen molar-refractivity contribution in [1.82, 2.24) is 14.3 Å². The summed E-state index contributed by atoms with van der Waals surface area (Å²) in [7, 11) is -10.8. The van der Waals surface area contributed by atoms with E-state index in [-0.39, 0.29) is 12.2 Å². The Morgan fingerprint density at radius 2 is 1.53 bits per heavy atom. The third kappa shape index (κ3) is 10.8. The number of para-hydroxylation sites is 1. The van der Waals surface area contributed by atoms with Gasteiger partial charge in [-0.1, -0.05) is 17.3 Å². The number of nitrogens with zero attached hydrogens (tertiary/aromatic N) is 3. The van der Waals surface area contributed by atoms with Crippen molar-refractivity contribution in [3.8, 4) is 0 Å². The monoisotopic (exact) mass is 767 g/mol. The number of hydrogen-bond donors (Lipinski definition) is 3. The van der Waals surface area contributed by atoms with Crippen molar-refractivity contribution in [3.05, 3.63) is 63.1 Å². The van der Waals surface area contributed by atoms with Gasteiger partial charge in [-0.2, -0.15) is 4.31 Å². The van der Waals surface area contributed by atoms with Crippen LogP contribution >= 0.6 is 15.6 Å². The lowest BCUT2D eigenvalue weighted by Crippen LogP contribution is -2.43. The largest absolute Gasteiger partial charge is 0.510 e. The second-order valence-electron chi connectivity index (χ2n) is 11.0. The van der Waals surface area contributed by atoms with Crippen LogP contribution in [0.1, 0.15) is 39.6 Å². The minimum Gasteiger partial charge on any atom is -0.432 e. The van der Waals surface area contributed by atoms with E-state index < -0.39 is 96.1 Å². The highest BCUT2D eigenvalue weighted by Crippen LogP contribution is 2.63. The average molecular weight is 768 g/mol. The van der Waals surface area contributed by atoms with Crippen molar-refractivity contribution in [1.29, 1.82) is 0 Å².